The number of aryl methyl sites for hydroxylation is 4. The molecule has 1 amide bonds. The third kappa shape index (κ3) is 3.93. The number of rotatable bonds is 4. The number of hydrogen-bond acceptors (Lipinski definition) is 5. The molecule has 7 heteroatoms. The molecule has 0 aliphatic rings. The van der Waals surface area contributed by atoms with Gasteiger partial charge in [0.15, 0.2) is 5.16 Å². The number of thiophene rings is 1. The fourth-order valence-corrected chi connectivity index (χ4v) is 4.43. The Morgan fingerprint density at radius 1 is 1.20 bits per heavy atom. The molecular weight excluding hydrogens is 354 g/mol. The highest BCUT2D eigenvalue weighted by atomic mass is 32.2. The second-order valence-corrected chi connectivity index (χ2v) is 8.21. The first-order valence-electron chi connectivity index (χ1n) is 7.84. The van der Waals surface area contributed by atoms with E-state index < -0.39 is 0 Å². The quantitative estimate of drug-likeness (QED) is 0.536. The van der Waals surface area contributed by atoms with Crippen molar-refractivity contribution in [1.29, 1.82) is 0 Å². The van der Waals surface area contributed by atoms with Crippen LogP contribution in [0, 0.1) is 27.7 Å². The van der Waals surface area contributed by atoms with Gasteiger partial charge < -0.3 is 10.3 Å². The molecule has 0 aliphatic heterocycles. The molecule has 0 unspecified atom stereocenters. The monoisotopic (exact) mass is 373 g/mol. The zero-order chi connectivity index (χ0) is 18.1. The maximum Gasteiger partial charge on any atom is 0.260 e. The molecule has 0 fully saturated rings. The van der Waals surface area contributed by atoms with Crippen LogP contribution in [0.25, 0.3) is 10.2 Å². The molecule has 3 rings (SSSR count). The minimum absolute atomic E-state index is 0.128. The lowest BCUT2D eigenvalue weighted by Gasteiger charge is -2.07. The van der Waals surface area contributed by atoms with Gasteiger partial charge in [-0.25, -0.2) is 4.98 Å². The molecule has 2 heterocycles. The lowest BCUT2D eigenvalue weighted by molar-refractivity contribution is -0.113. The Morgan fingerprint density at radius 3 is 2.56 bits per heavy atom. The van der Waals surface area contributed by atoms with Gasteiger partial charge in [0.1, 0.15) is 4.83 Å². The second-order valence-electron chi connectivity index (χ2n) is 6.05. The van der Waals surface area contributed by atoms with Gasteiger partial charge in [-0.15, -0.1) is 11.3 Å². The smallest absolute Gasteiger partial charge is 0.260 e. The van der Waals surface area contributed by atoms with Crippen molar-refractivity contribution < 1.29 is 4.79 Å². The fraction of sp³-hybridized carbons (Fsp3) is 0.278. The number of anilines is 1. The van der Waals surface area contributed by atoms with Gasteiger partial charge in [-0.2, -0.15) is 0 Å². The van der Waals surface area contributed by atoms with E-state index in [9.17, 15) is 9.59 Å². The molecule has 25 heavy (non-hydrogen) atoms. The van der Waals surface area contributed by atoms with E-state index in [4.69, 9.17) is 0 Å². The number of carbonyl (C=O) groups is 1. The van der Waals surface area contributed by atoms with Gasteiger partial charge in [0.2, 0.25) is 5.91 Å². The van der Waals surface area contributed by atoms with E-state index in [1.165, 1.54) is 23.1 Å². The first kappa shape index (κ1) is 17.7. The van der Waals surface area contributed by atoms with Crippen LogP contribution in [0.4, 0.5) is 5.69 Å². The van der Waals surface area contributed by atoms with Gasteiger partial charge >= 0.3 is 0 Å². The molecule has 5 nitrogen and oxygen atoms in total. The molecule has 0 saturated carbocycles. The van der Waals surface area contributed by atoms with Crippen molar-refractivity contribution in [2.45, 2.75) is 32.9 Å². The van der Waals surface area contributed by atoms with E-state index in [1.54, 1.807) is 0 Å². The summed E-state index contributed by atoms with van der Waals surface area (Å²) in [6.07, 6.45) is 0. The molecule has 0 spiro atoms. The first-order valence-corrected chi connectivity index (χ1v) is 9.64. The third-order valence-corrected chi connectivity index (χ3v) is 5.84. The van der Waals surface area contributed by atoms with Crippen LogP contribution in [-0.4, -0.2) is 21.6 Å². The minimum Gasteiger partial charge on any atom is -0.325 e. The summed E-state index contributed by atoms with van der Waals surface area (Å²) < 4.78 is 0. The van der Waals surface area contributed by atoms with Gasteiger partial charge in [-0.1, -0.05) is 17.8 Å². The number of fused-ring (bicyclic) bond motifs is 1. The van der Waals surface area contributed by atoms with Gasteiger partial charge in [0.25, 0.3) is 5.56 Å². The van der Waals surface area contributed by atoms with E-state index in [1.807, 2.05) is 39.8 Å². The molecule has 0 atom stereocenters. The lowest BCUT2D eigenvalue weighted by atomic mass is 10.1. The highest BCUT2D eigenvalue weighted by Crippen LogP contribution is 2.27. The van der Waals surface area contributed by atoms with Crippen molar-refractivity contribution in [2.75, 3.05) is 11.1 Å². The Bertz CT molecular complexity index is 1000. The van der Waals surface area contributed by atoms with E-state index in [-0.39, 0.29) is 17.2 Å². The van der Waals surface area contributed by atoms with Crippen LogP contribution >= 0.6 is 23.1 Å². The summed E-state index contributed by atoms with van der Waals surface area (Å²) >= 11 is 2.73. The summed E-state index contributed by atoms with van der Waals surface area (Å²) in [4.78, 5) is 33.4. The third-order valence-electron chi connectivity index (χ3n) is 3.86. The number of nitrogens with one attached hydrogen (secondary N) is 2. The van der Waals surface area contributed by atoms with E-state index in [0.717, 1.165) is 32.1 Å². The van der Waals surface area contributed by atoms with Crippen LogP contribution in [0.15, 0.2) is 28.2 Å². The average Bonchev–Trinajstić information content (AvgIpc) is 2.79. The van der Waals surface area contributed by atoms with Crippen molar-refractivity contribution in [3.05, 3.63) is 50.1 Å². The molecule has 2 N–H and O–H groups in total. The maximum absolute atomic E-state index is 12.2. The molecule has 0 saturated heterocycles. The van der Waals surface area contributed by atoms with Crippen molar-refractivity contribution in [3.63, 3.8) is 0 Å². The number of aromatic amines is 1. The van der Waals surface area contributed by atoms with E-state index in [2.05, 4.69) is 21.4 Å². The molecule has 0 radical (unpaired) electrons. The number of hydrogen-bond donors (Lipinski definition) is 2. The molecule has 3 aromatic rings. The molecule has 0 bridgehead atoms. The molecular formula is C18H19N3O2S2. The summed E-state index contributed by atoms with van der Waals surface area (Å²) in [5.74, 6) is 0.0569. The maximum atomic E-state index is 12.2. The van der Waals surface area contributed by atoms with Crippen molar-refractivity contribution in [1.82, 2.24) is 9.97 Å². The SMILES string of the molecule is Cc1cc(C)cc(NC(=O)CSc2nc3sc(C)c(C)c3c(=O)[nH]2)c1. The number of carbonyl (C=O) groups excluding carboxylic acids is 1. The number of benzene rings is 1. The van der Waals surface area contributed by atoms with Crippen molar-refractivity contribution in [3.8, 4) is 0 Å². The van der Waals surface area contributed by atoms with Crippen LogP contribution < -0.4 is 10.9 Å². The average molecular weight is 374 g/mol. The zero-order valence-corrected chi connectivity index (χ0v) is 16.2. The number of nitrogens with zero attached hydrogens (tertiary/aromatic N) is 1. The number of thioether (sulfide) groups is 1. The largest absolute Gasteiger partial charge is 0.325 e. The van der Waals surface area contributed by atoms with Crippen LogP contribution in [0.3, 0.4) is 0 Å². The van der Waals surface area contributed by atoms with E-state index in [0.29, 0.717) is 10.5 Å². The van der Waals surface area contributed by atoms with Gasteiger partial charge in [0, 0.05) is 10.6 Å². The molecule has 1 aromatic carbocycles. The number of H-pyrrole nitrogens is 1. The standard InChI is InChI=1S/C18H19N3O2S2/c1-9-5-10(2)7-13(6-9)19-14(22)8-24-18-20-16(23)15-11(3)12(4)25-17(15)21-18/h5-7H,8H2,1-4H3,(H,19,22)(H,20,21,23). The molecule has 2 aromatic heterocycles. The summed E-state index contributed by atoms with van der Waals surface area (Å²) in [5, 5.41) is 3.99. The first-order chi connectivity index (χ1) is 11.8. The minimum atomic E-state index is -0.149. The Labute approximate surface area is 153 Å². The number of aromatic nitrogens is 2. The van der Waals surface area contributed by atoms with Crippen molar-refractivity contribution >= 4 is 44.9 Å². The number of amides is 1. The lowest BCUT2D eigenvalue weighted by Crippen LogP contribution is -2.15. The Hall–Kier alpha value is -2.12. The Morgan fingerprint density at radius 2 is 1.88 bits per heavy atom. The summed E-state index contributed by atoms with van der Waals surface area (Å²) in [6.45, 7) is 7.89. The Kier molecular flexibility index (Phi) is 4.96. The summed E-state index contributed by atoms with van der Waals surface area (Å²) in [7, 11) is 0. The zero-order valence-electron chi connectivity index (χ0n) is 14.5. The van der Waals surface area contributed by atoms with Crippen LogP contribution in [-0.2, 0) is 4.79 Å². The summed E-state index contributed by atoms with van der Waals surface area (Å²) in [5.41, 5.74) is 3.80. The van der Waals surface area contributed by atoms with Gasteiger partial charge in [-0.05, 0) is 56.5 Å². The van der Waals surface area contributed by atoms with Gasteiger partial charge in [-0.3, -0.25) is 9.59 Å². The molecule has 0 aliphatic carbocycles. The topological polar surface area (TPSA) is 74.8 Å². The predicted molar refractivity (Wildman–Crippen MR) is 105 cm³/mol. The highest BCUT2D eigenvalue weighted by Gasteiger charge is 2.13. The molecule has 130 valence electrons. The fourth-order valence-electron chi connectivity index (χ4n) is 2.68. The van der Waals surface area contributed by atoms with Gasteiger partial charge in [0.05, 0.1) is 11.1 Å². The highest BCUT2D eigenvalue weighted by molar-refractivity contribution is 7.99. The van der Waals surface area contributed by atoms with E-state index >= 15 is 0 Å². The Balaban J connectivity index is 1.72. The predicted octanol–water partition coefficient (Wildman–Crippen LogP) is 3.95. The van der Waals surface area contributed by atoms with Crippen LogP contribution in [0.2, 0.25) is 0 Å². The normalized spacial score (nSPS) is 11.0. The van der Waals surface area contributed by atoms with Crippen LogP contribution in [0.5, 0.6) is 0 Å². The summed E-state index contributed by atoms with van der Waals surface area (Å²) in [6, 6.07) is 5.91. The second kappa shape index (κ2) is 7.01. The van der Waals surface area contributed by atoms with Crippen LogP contribution in [0.1, 0.15) is 21.6 Å². The van der Waals surface area contributed by atoms with Crippen molar-refractivity contribution in [2.24, 2.45) is 0 Å².